The molecule has 1 aromatic heterocycles. The number of benzene rings is 1. The molecular formula is C14H16N4. The van der Waals surface area contributed by atoms with Crippen LogP contribution in [0.2, 0.25) is 0 Å². The number of aromatic nitrogens is 2. The van der Waals surface area contributed by atoms with Crippen molar-refractivity contribution in [3.8, 4) is 0 Å². The molecule has 18 heavy (non-hydrogen) atoms. The van der Waals surface area contributed by atoms with Gasteiger partial charge in [0.2, 0.25) is 0 Å². The number of nitrogens with one attached hydrogen (secondary N) is 1. The number of fused-ring (bicyclic) bond motifs is 1. The number of rotatable bonds is 2. The molecule has 0 spiro atoms. The van der Waals surface area contributed by atoms with Crippen LogP contribution in [0.1, 0.15) is 17.0 Å². The van der Waals surface area contributed by atoms with E-state index >= 15 is 0 Å². The molecule has 0 aliphatic carbocycles. The minimum absolute atomic E-state index is 0.333. The Morgan fingerprint density at radius 3 is 2.67 bits per heavy atom. The Hall–Kier alpha value is -2.10. The van der Waals surface area contributed by atoms with Gasteiger partial charge in [-0.15, -0.1) is 0 Å². The summed E-state index contributed by atoms with van der Waals surface area (Å²) >= 11 is 0. The lowest BCUT2D eigenvalue weighted by Gasteiger charge is -2.18. The maximum absolute atomic E-state index is 4.40. The van der Waals surface area contributed by atoms with E-state index in [-0.39, 0.29) is 0 Å². The molecule has 1 atom stereocenters. The second kappa shape index (κ2) is 4.29. The van der Waals surface area contributed by atoms with E-state index in [1.807, 2.05) is 25.1 Å². The van der Waals surface area contributed by atoms with E-state index in [1.54, 1.807) is 6.33 Å². The second-order valence-corrected chi connectivity index (χ2v) is 4.70. The lowest BCUT2D eigenvalue weighted by Crippen LogP contribution is -2.15. The Labute approximate surface area is 107 Å². The van der Waals surface area contributed by atoms with Crippen molar-refractivity contribution in [2.24, 2.45) is 0 Å². The van der Waals surface area contributed by atoms with Gasteiger partial charge in [-0.05, 0) is 5.56 Å². The van der Waals surface area contributed by atoms with Gasteiger partial charge in [0, 0.05) is 32.1 Å². The van der Waals surface area contributed by atoms with E-state index in [0.29, 0.717) is 5.92 Å². The van der Waals surface area contributed by atoms with Crippen LogP contribution in [0.3, 0.4) is 0 Å². The molecule has 2 aromatic rings. The van der Waals surface area contributed by atoms with Crippen molar-refractivity contribution < 1.29 is 0 Å². The van der Waals surface area contributed by atoms with Crippen LogP contribution >= 0.6 is 0 Å². The largest absolute Gasteiger partial charge is 0.369 e. The second-order valence-electron chi connectivity index (χ2n) is 4.70. The predicted octanol–water partition coefficient (Wildman–Crippen LogP) is 2.10. The Bertz CT molecular complexity index is 551. The Balaban J connectivity index is 2.11. The summed E-state index contributed by atoms with van der Waals surface area (Å²) in [7, 11) is 4.03. The summed E-state index contributed by atoms with van der Waals surface area (Å²) in [5, 5.41) is 3.37. The Morgan fingerprint density at radius 2 is 1.94 bits per heavy atom. The van der Waals surface area contributed by atoms with Gasteiger partial charge >= 0.3 is 0 Å². The Kier molecular flexibility index (Phi) is 2.63. The molecule has 1 N–H and O–H groups in total. The van der Waals surface area contributed by atoms with Gasteiger partial charge in [-0.1, -0.05) is 30.3 Å². The quantitative estimate of drug-likeness (QED) is 0.872. The lowest BCUT2D eigenvalue weighted by molar-refractivity contribution is 0.887. The molecule has 1 aromatic carbocycles. The van der Waals surface area contributed by atoms with Crippen molar-refractivity contribution in [3.63, 3.8) is 0 Å². The zero-order chi connectivity index (χ0) is 12.5. The van der Waals surface area contributed by atoms with Crippen LogP contribution in [0.4, 0.5) is 11.6 Å². The number of anilines is 2. The van der Waals surface area contributed by atoms with Gasteiger partial charge in [0.05, 0.1) is 0 Å². The summed E-state index contributed by atoms with van der Waals surface area (Å²) in [6.45, 7) is 0.888. The van der Waals surface area contributed by atoms with Gasteiger partial charge < -0.3 is 10.2 Å². The van der Waals surface area contributed by atoms with Crippen molar-refractivity contribution in [1.29, 1.82) is 0 Å². The highest BCUT2D eigenvalue weighted by Crippen LogP contribution is 2.39. The van der Waals surface area contributed by atoms with Gasteiger partial charge in [-0.3, -0.25) is 0 Å². The van der Waals surface area contributed by atoms with Crippen LogP contribution in [0, 0.1) is 0 Å². The molecule has 1 unspecified atom stereocenters. The maximum atomic E-state index is 4.40. The van der Waals surface area contributed by atoms with E-state index in [1.165, 1.54) is 11.1 Å². The molecule has 0 bridgehead atoms. The third kappa shape index (κ3) is 1.70. The molecule has 4 heteroatoms. The first-order valence-corrected chi connectivity index (χ1v) is 6.08. The molecule has 1 aliphatic rings. The van der Waals surface area contributed by atoms with E-state index in [0.717, 1.165) is 18.2 Å². The highest BCUT2D eigenvalue weighted by molar-refractivity contribution is 5.66. The van der Waals surface area contributed by atoms with Crippen molar-refractivity contribution in [3.05, 3.63) is 47.8 Å². The first-order valence-electron chi connectivity index (χ1n) is 6.08. The molecule has 2 heterocycles. The molecule has 3 rings (SSSR count). The SMILES string of the molecule is CN(C)c1ncnc2c1C(c1ccccc1)CN2. The van der Waals surface area contributed by atoms with Gasteiger partial charge in [-0.25, -0.2) is 9.97 Å². The van der Waals surface area contributed by atoms with Crippen LogP contribution < -0.4 is 10.2 Å². The number of hydrogen-bond acceptors (Lipinski definition) is 4. The van der Waals surface area contributed by atoms with Crippen LogP contribution in [0.25, 0.3) is 0 Å². The monoisotopic (exact) mass is 240 g/mol. The van der Waals surface area contributed by atoms with Crippen molar-refractivity contribution in [2.75, 3.05) is 30.9 Å². The predicted molar refractivity (Wildman–Crippen MR) is 73.1 cm³/mol. The van der Waals surface area contributed by atoms with E-state index in [4.69, 9.17) is 0 Å². The van der Waals surface area contributed by atoms with Crippen LogP contribution in [-0.2, 0) is 0 Å². The van der Waals surface area contributed by atoms with Crippen LogP contribution in [0.5, 0.6) is 0 Å². The smallest absolute Gasteiger partial charge is 0.137 e. The molecule has 0 amide bonds. The normalized spacial score (nSPS) is 17.1. The van der Waals surface area contributed by atoms with E-state index < -0.39 is 0 Å². The highest BCUT2D eigenvalue weighted by Gasteiger charge is 2.29. The number of nitrogens with zero attached hydrogens (tertiary/aromatic N) is 3. The molecule has 1 aliphatic heterocycles. The highest BCUT2D eigenvalue weighted by atomic mass is 15.2. The zero-order valence-corrected chi connectivity index (χ0v) is 10.6. The van der Waals surface area contributed by atoms with E-state index in [9.17, 15) is 0 Å². The standard InChI is InChI=1S/C14H16N4/c1-18(2)14-12-11(10-6-4-3-5-7-10)8-15-13(12)16-9-17-14/h3-7,9,11H,8H2,1-2H3,(H,15,16,17). The minimum Gasteiger partial charge on any atom is -0.369 e. The third-order valence-corrected chi connectivity index (χ3v) is 3.31. The van der Waals surface area contributed by atoms with Gasteiger partial charge in [0.1, 0.15) is 18.0 Å². The topological polar surface area (TPSA) is 41.1 Å². The lowest BCUT2D eigenvalue weighted by atomic mass is 9.94. The summed E-state index contributed by atoms with van der Waals surface area (Å²) < 4.78 is 0. The first kappa shape index (κ1) is 11.0. The summed E-state index contributed by atoms with van der Waals surface area (Å²) in [5.41, 5.74) is 2.51. The fourth-order valence-corrected chi connectivity index (χ4v) is 2.48. The Morgan fingerprint density at radius 1 is 1.17 bits per heavy atom. The average molecular weight is 240 g/mol. The van der Waals surface area contributed by atoms with Crippen LogP contribution in [0.15, 0.2) is 36.7 Å². The fraction of sp³-hybridized carbons (Fsp3) is 0.286. The van der Waals surface area contributed by atoms with Gasteiger partial charge in [-0.2, -0.15) is 0 Å². The third-order valence-electron chi connectivity index (χ3n) is 3.31. The van der Waals surface area contributed by atoms with Gasteiger partial charge in [0.25, 0.3) is 0 Å². The number of hydrogen-bond donors (Lipinski definition) is 1. The maximum Gasteiger partial charge on any atom is 0.137 e. The van der Waals surface area contributed by atoms with Crippen molar-refractivity contribution in [1.82, 2.24) is 9.97 Å². The van der Waals surface area contributed by atoms with Crippen molar-refractivity contribution >= 4 is 11.6 Å². The molecule has 0 radical (unpaired) electrons. The average Bonchev–Trinajstić information content (AvgIpc) is 2.83. The van der Waals surface area contributed by atoms with Gasteiger partial charge in [0.15, 0.2) is 0 Å². The van der Waals surface area contributed by atoms with Crippen LogP contribution in [-0.4, -0.2) is 30.6 Å². The van der Waals surface area contributed by atoms with E-state index in [2.05, 4.69) is 39.6 Å². The first-order chi connectivity index (χ1) is 8.77. The zero-order valence-electron chi connectivity index (χ0n) is 10.6. The molecular weight excluding hydrogens is 224 g/mol. The molecule has 0 saturated carbocycles. The molecule has 0 fully saturated rings. The summed E-state index contributed by atoms with van der Waals surface area (Å²) in [4.78, 5) is 10.8. The molecule has 4 nitrogen and oxygen atoms in total. The minimum atomic E-state index is 0.333. The summed E-state index contributed by atoms with van der Waals surface area (Å²) in [5.74, 6) is 2.29. The summed E-state index contributed by atoms with van der Waals surface area (Å²) in [6.07, 6.45) is 1.62. The van der Waals surface area contributed by atoms with Crippen molar-refractivity contribution in [2.45, 2.75) is 5.92 Å². The fourth-order valence-electron chi connectivity index (χ4n) is 2.48. The molecule has 92 valence electrons. The molecule has 0 saturated heterocycles. The summed E-state index contributed by atoms with van der Waals surface area (Å²) in [6, 6.07) is 10.5.